The molecule has 2 aromatic rings. The van der Waals surface area contributed by atoms with Crippen molar-refractivity contribution < 1.29 is 19.2 Å². The summed E-state index contributed by atoms with van der Waals surface area (Å²) in [4.78, 5) is 15.9. The van der Waals surface area contributed by atoms with Gasteiger partial charge in [0, 0.05) is 5.69 Å². The summed E-state index contributed by atoms with van der Waals surface area (Å²) >= 11 is 0. The Hall–Kier alpha value is -2.73. The van der Waals surface area contributed by atoms with Crippen molar-refractivity contribution in [1.29, 1.82) is 0 Å². The number of carbonyl (C=O) groups excluding carboxylic acids is 1. The summed E-state index contributed by atoms with van der Waals surface area (Å²) in [5.74, 6) is 1.71. The Morgan fingerprint density at radius 2 is 1.73 bits per heavy atom. The van der Waals surface area contributed by atoms with Gasteiger partial charge in [0.15, 0.2) is 6.54 Å². The topological polar surface area (TPSA) is 55.2 Å². The molecule has 0 bridgehead atoms. The van der Waals surface area contributed by atoms with Gasteiger partial charge in [-0.05, 0) is 36.4 Å². The number of nitrogens with zero attached hydrogens (tertiary/aromatic N) is 1. The fraction of sp³-hybridized carbons (Fsp3) is 0.350. The molecule has 0 spiro atoms. The Bertz CT molecular complexity index is 725. The van der Waals surface area contributed by atoms with Gasteiger partial charge in [-0.25, -0.2) is 0 Å². The summed E-state index contributed by atoms with van der Waals surface area (Å²) in [6.45, 7) is 4.14. The highest BCUT2D eigenvalue weighted by atomic mass is 16.5. The second-order valence-corrected chi connectivity index (χ2v) is 6.36. The quantitative estimate of drug-likeness (QED) is 0.812. The van der Waals surface area contributed by atoms with E-state index < -0.39 is 0 Å². The first-order chi connectivity index (χ1) is 12.7. The average Bonchev–Trinajstić information content (AvgIpc) is 2.69. The van der Waals surface area contributed by atoms with Crippen LogP contribution in [-0.4, -0.2) is 52.9 Å². The van der Waals surface area contributed by atoms with Gasteiger partial charge in [-0.1, -0.05) is 12.1 Å². The maximum atomic E-state index is 12.3. The van der Waals surface area contributed by atoms with Crippen LogP contribution in [0.3, 0.4) is 0 Å². The van der Waals surface area contributed by atoms with Gasteiger partial charge in [0.05, 0.1) is 46.1 Å². The fourth-order valence-corrected chi connectivity index (χ4v) is 3.24. The summed E-state index contributed by atoms with van der Waals surface area (Å²) in [5.41, 5.74) is 1.92. The van der Waals surface area contributed by atoms with Gasteiger partial charge in [-0.3, -0.25) is 4.79 Å². The number of hydrogen-bond donors (Lipinski definition) is 2. The average molecular weight is 356 g/mol. The molecule has 1 saturated heterocycles. The molecule has 6 nitrogen and oxygen atoms in total. The molecule has 6 heteroatoms. The minimum atomic E-state index is 0.0379. The molecular weight excluding hydrogens is 330 g/mol. The number of rotatable bonds is 6. The molecule has 0 saturated carbocycles. The molecule has 1 amide bonds. The van der Waals surface area contributed by atoms with Gasteiger partial charge in [0.25, 0.3) is 5.91 Å². The Labute approximate surface area is 154 Å². The third-order valence-electron chi connectivity index (χ3n) is 4.68. The lowest BCUT2D eigenvalue weighted by Crippen LogP contribution is -3.15. The second kappa shape index (κ2) is 8.58. The zero-order valence-electron chi connectivity index (χ0n) is 15.3. The number of anilines is 2. The van der Waals surface area contributed by atoms with Crippen LogP contribution < -0.4 is 24.6 Å². The molecule has 2 aromatic carbocycles. The predicted octanol–water partition coefficient (Wildman–Crippen LogP) is 1.05. The van der Waals surface area contributed by atoms with Crippen molar-refractivity contribution in [3.05, 3.63) is 48.5 Å². The number of quaternary nitrogens is 1. The van der Waals surface area contributed by atoms with E-state index in [4.69, 9.17) is 9.47 Å². The monoisotopic (exact) mass is 356 g/mol. The summed E-state index contributed by atoms with van der Waals surface area (Å²) in [5, 5.41) is 2.95. The normalized spacial score (nSPS) is 14.8. The predicted molar refractivity (Wildman–Crippen MR) is 102 cm³/mol. The number of piperazine rings is 1. The largest absolute Gasteiger partial charge is 0.497 e. The molecule has 26 heavy (non-hydrogen) atoms. The van der Waals surface area contributed by atoms with Gasteiger partial charge in [0.1, 0.15) is 11.5 Å². The van der Waals surface area contributed by atoms with Gasteiger partial charge < -0.3 is 24.6 Å². The first-order valence-corrected chi connectivity index (χ1v) is 8.85. The van der Waals surface area contributed by atoms with Crippen LogP contribution in [0.25, 0.3) is 0 Å². The molecule has 1 heterocycles. The Kier molecular flexibility index (Phi) is 5.96. The highest BCUT2D eigenvalue weighted by molar-refractivity contribution is 5.91. The van der Waals surface area contributed by atoms with Gasteiger partial charge in [0.2, 0.25) is 0 Å². The van der Waals surface area contributed by atoms with E-state index in [0.717, 1.165) is 49.1 Å². The molecule has 138 valence electrons. The van der Waals surface area contributed by atoms with Crippen molar-refractivity contribution in [2.75, 3.05) is 57.2 Å². The van der Waals surface area contributed by atoms with Crippen LogP contribution in [0.5, 0.6) is 11.5 Å². The van der Waals surface area contributed by atoms with Crippen LogP contribution in [0.15, 0.2) is 48.5 Å². The fourth-order valence-electron chi connectivity index (χ4n) is 3.24. The van der Waals surface area contributed by atoms with E-state index >= 15 is 0 Å². The maximum Gasteiger partial charge on any atom is 0.279 e. The molecule has 0 atom stereocenters. The van der Waals surface area contributed by atoms with Crippen molar-refractivity contribution in [1.82, 2.24) is 0 Å². The van der Waals surface area contributed by atoms with Crippen LogP contribution in [0, 0.1) is 0 Å². The van der Waals surface area contributed by atoms with E-state index in [2.05, 4.69) is 16.3 Å². The molecular formula is C20H26N3O3+. The minimum absolute atomic E-state index is 0.0379. The van der Waals surface area contributed by atoms with Gasteiger partial charge in [-0.2, -0.15) is 0 Å². The zero-order valence-corrected chi connectivity index (χ0v) is 15.3. The standard InChI is InChI=1S/C20H25N3O3/c1-25-17-9-7-16(8-10-17)21-20(24)15-22-11-13-23(14-12-22)18-5-3-4-6-19(18)26-2/h3-10H,11-15H2,1-2H3,(H,21,24)/p+1. The summed E-state index contributed by atoms with van der Waals surface area (Å²) in [7, 11) is 3.32. The van der Waals surface area contributed by atoms with E-state index in [1.165, 1.54) is 4.90 Å². The van der Waals surface area contributed by atoms with E-state index in [-0.39, 0.29) is 5.91 Å². The van der Waals surface area contributed by atoms with Crippen molar-refractivity contribution in [3.63, 3.8) is 0 Å². The number of amides is 1. The Morgan fingerprint density at radius 3 is 2.38 bits per heavy atom. The molecule has 0 aliphatic carbocycles. The zero-order chi connectivity index (χ0) is 18.4. The van der Waals surface area contributed by atoms with Gasteiger partial charge in [-0.15, -0.1) is 0 Å². The summed E-state index contributed by atoms with van der Waals surface area (Å²) in [6.07, 6.45) is 0. The molecule has 0 aromatic heterocycles. The Balaban J connectivity index is 1.49. The highest BCUT2D eigenvalue weighted by Crippen LogP contribution is 2.27. The van der Waals surface area contributed by atoms with Crippen molar-refractivity contribution in [2.24, 2.45) is 0 Å². The summed E-state index contributed by atoms with van der Waals surface area (Å²) in [6, 6.07) is 15.5. The molecule has 1 aliphatic heterocycles. The third kappa shape index (κ3) is 4.46. The number of hydrogen-bond acceptors (Lipinski definition) is 4. The number of carbonyl (C=O) groups is 1. The van der Waals surface area contributed by atoms with E-state index in [1.807, 2.05) is 42.5 Å². The number of benzene rings is 2. The lowest BCUT2D eigenvalue weighted by atomic mass is 10.2. The van der Waals surface area contributed by atoms with Crippen LogP contribution in [-0.2, 0) is 4.79 Å². The third-order valence-corrected chi connectivity index (χ3v) is 4.68. The van der Waals surface area contributed by atoms with Crippen molar-refractivity contribution in [2.45, 2.75) is 0 Å². The van der Waals surface area contributed by atoms with Crippen LogP contribution in [0.4, 0.5) is 11.4 Å². The SMILES string of the molecule is COc1ccc(NC(=O)C[NH+]2CCN(c3ccccc3OC)CC2)cc1. The van der Waals surface area contributed by atoms with Gasteiger partial charge >= 0.3 is 0 Å². The minimum Gasteiger partial charge on any atom is -0.497 e. The van der Waals surface area contributed by atoms with E-state index in [9.17, 15) is 4.79 Å². The number of methoxy groups -OCH3 is 2. The van der Waals surface area contributed by atoms with Crippen LogP contribution in [0.1, 0.15) is 0 Å². The molecule has 0 unspecified atom stereocenters. The second-order valence-electron chi connectivity index (χ2n) is 6.36. The van der Waals surface area contributed by atoms with Crippen LogP contribution in [0.2, 0.25) is 0 Å². The molecule has 1 aliphatic rings. The smallest absolute Gasteiger partial charge is 0.279 e. The van der Waals surface area contributed by atoms with E-state index in [0.29, 0.717) is 6.54 Å². The lowest BCUT2D eigenvalue weighted by molar-refractivity contribution is -0.892. The molecule has 3 rings (SSSR count). The number of ether oxygens (including phenoxy) is 2. The molecule has 2 N–H and O–H groups in total. The number of para-hydroxylation sites is 2. The maximum absolute atomic E-state index is 12.3. The summed E-state index contributed by atoms with van der Waals surface area (Å²) < 4.78 is 10.6. The highest BCUT2D eigenvalue weighted by Gasteiger charge is 2.23. The molecule has 1 fully saturated rings. The van der Waals surface area contributed by atoms with E-state index in [1.54, 1.807) is 14.2 Å². The van der Waals surface area contributed by atoms with Crippen molar-refractivity contribution >= 4 is 17.3 Å². The Morgan fingerprint density at radius 1 is 1.04 bits per heavy atom. The number of nitrogens with one attached hydrogen (secondary N) is 2. The first kappa shape index (κ1) is 18.1. The lowest BCUT2D eigenvalue weighted by Gasteiger charge is -2.34. The van der Waals surface area contributed by atoms with Crippen molar-refractivity contribution in [3.8, 4) is 11.5 Å². The molecule has 0 radical (unpaired) electrons. The first-order valence-electron chi connectivity index (χ1n) is 8.85. The van der Waals surface area contributed by atoms with Crippen LogP contribution >= 0.6 is 0 Å².